The Kier molecular flexibility index (Phi) is 7.29. The molecule has 0 fully saturated rings. The molecular formula is C20H20O5S. The Bertz CT molecular complexity index is 854. The number of allylic oxidation sites excluding steroid dienone is 2. The smallest absolute Gasteiger partial charge is 0.373 e. The Morgan fingerprint density at radius 1 is 0.962 bits per heavy atom. The first-order valence-corrected chi connectivity index (χ1v) is 8.98. The summed E-state index contributed by atoms with van der Waals surface area (Å²) in [5.41, 5.74) is 0. The topological polar surface area (TPSA) is 72.8 Å². The van der Waals surface area contributed by atoms with Gasteiger partial charge in [-0.2, -0.15) is 0 Å². The number of aliphatic hydroxyl groups excluding tert-OH is 1. The van der Waals surface area contributed by atoms with Crippen LogP contribution in [0.4, 0.5) is 0 Å². The number of carbonyl (C=O) groups is 2. The number of ether oxygens (including phenoxy) is 2. The first kappa shape index (κ1) is 19.6. The van der Waals surface area contributed by atoms with Crippen LogP contribution in [0.2, 0.25) is 0 Å². The molecule has 0 spiro atoms. The van der Waals surface area contributed by atoms with Crippen molar-refractivity contribution in [3.05, 3.63) is 65.3 Å². The average Bonchev–Trinajstić information content (AvgIpc) is 2.65. The van der Waals surface area contributed by atoms with E-state index >= 15 is 0 Å². The molecule has 5 nitrogen and oxygen atoms in total. The van der Waals surface area contributed by atoms with Gasteiger partial charge in [-0.3, -0.25) is 0 Å². The quantitative estimate of drug-likeness (QED) is 0.256. The van der Waals surface area contributed by atoms with E-state index in [1.54, 1.807) is 13.8 Å². The maximum absolute atomic E-state index is 12.2. The van der Waals surface area contributed by atoms with Gasteiger partial charge in [0.2, 0.25) is 5.76 Å². The maximum Gasteiger partial charge on any atom is 0.373 e. The SMILES string of the molecule is CCOC(=O)C(O)=CC=C(Sc1ccc2ccccc2c1)C(=O)OCC. The number of hydrogen-bond acceptors (Lipinski definition) is 6. The Hall–Kier alpha value is -2.73. The molecule has 26 heavy (non-hydrogen) atoms. The van der Waals surface area contributed by atoms with Gasteiger partial charge in [-0.15, -0.1) is 0 Å². The predicted octanol–water partition coefficient (Wildman–Crippen LogP) is 4.38. The van der Waals surface area contributed by atoms with E-state index in [1.807, 2.05) is 42.5 Å². The van der Waals surface area contributed by atoms with Crippen molar-refractivity contribution < 1.29 is 24.2 Å². The molecule has 0 atom stereocenters. The summed E-state index contributed by atoms with van der Waals surface area (Å²) in [7, 11) is 0. The fourth-order valence-corrected chi connectivity index (χ4v) is 2.99. The van der Waals surface area contributed by atoms with Gasteiger partial charge in [0.25, 0.3) is 0 Å². The van der Waals surface area contributed by atoms with Crippen molar-refractivity contribution in [2.75, 3.05) is 13.2 Å². The fourth-order valence-electron chi connectivity index (χ4n) is 2.13. The molecule has 0 aliphatic heterocycles. The zero-order valence-corrected chi connectivity index (χ0v) is 15.4. The molecular weight excluding hydrogens is 352 g/mol. The third-order valence-electron chi connectivity index (χ3n) is 3.30. The van der Waals surface area contributed by atoms with E-state index in [4.69, 9.17) is 9.47 Å². The zero-order valence-electron chi connectivity index (χ0n) is 14.6. The minimum absolute atomic E-state index is 0.150. The molecule has 0 radical (unpaired) electrons. The molecule has 0 saturated heterocycles. The number of rotatable bonds is 7. The molecule has 0 bridgehead atoms. The summed E-state index contributed by atoms with van der Waals surface area (Å²) in [6.45, 7) is 3.72. The number of carbonyl (C=O) groups excluding carboxylic acids is 2. The summed E-state index contributed by atoms with van der Waals surface area (Å²) in [5, 5.41) is 11.8. The first-order chi connectivity index (χ1) is 12.5. The Balaban J connectivity index is 2.28. The zero-order chi connectivity index (χ0) is 18.9. The minimum Gasteiger partial charge on any atom is -0.502 e. The number of esters is 2. The highest BCUT2D eigenvalue weighted by Gasteiger charge is 2.14. The number of aliphatic hydroxyl groups is 1. The molecule has 0 amide bonds. The van der Waals surface area contributed by atoms with Crippen LogP contribution in [0.15, 0.2) is 70.2 Å². The molecule has 0 saturated carbocycles. The van der Waals surface area contributed by atoms with Gasteiger partial charge < -0.3 is 14.6 Å². The summed E-state index contributed by atoms with van der Waals surface area (Å²) in [6, 6.07) is 13.7. The van der Waals surface area contributed by atoms with E-state index in [2.05, 4.69) is 0 Å². The van der Waals surface area contributed by atoms with E-state index in [0.717, 1.165) is 21.7 Å². The lowest BCUT2D eigenvalue weighted by molar-refractivity contribution is -0.141. The molecule has 6 heteroatoms. The highest BCUT2D eigenvalue weighted by molar-refractivity contribution is 8.04. The highest BCUT2D eigenvalue weighted by atomic mass is 32.2. The summed E-state index contributed by atoms with van der Waals surface area (Å²) < 4.78 is 9.75. The number of hydrogen-bond donors (Lipinski definition) is 1. The van der Waals surface area contributed by atoms with Gasteiger partial charge in [-0.1, -0.05) is 42.1 Å². The van der Waals surface area contributed by atoms with Crippen LogP contribution in [0, 0.1) is 0 Å². The Morgan fingerprint density at radius 3 is 2.31 bits per heavy atom. The Labute approximate surface area is 156 Å². The summed E-state index contributed by atoms with van der Waals surface area (Å²) in [5.74, 6) is -1.95. The van der Waals surface area contributed by atoms with Crippen molar-refractivity contribution in [3.63, 3.8) is 0 Å². The lowest BCUT2D eigenvalue weighted by Crippen LogP contribution is -2.07. The van der Waals surface area contributed by atoms with Crippen molar-refractivity contribution in [1.29, 1.82) is 0 Å². The third-order valence-corrected chi connectivity index (χ3v) is 4.31. The van der Waals surface area contributed by atoms with Gasteiger partial charge >= 0.3 is 11.9 Å². The van der Waals surface area contributed by atoms with E-state index in [1.165, 1.54) is 17.8 Å². The minimum atomic E-state index is -0.845. The molecule has 2 rings (SSSR count). The van der Waals surface area contributed by atoms with Crippen LogP contribution in [-0.4, -0.2) is 30.3 Å². The van der Waals surface area contributed by atoms with Gasteiger partial charge in [-0.25, -0.2) is 9.59 Å². The van der Waals surface area contributed by atoms with Gasteiger partial charge in [0.05, 0.1) is 18.1 Å². The molecule has 0 aliphatic rings. The molecule has 0 unspecified atom stereocenters. The predicted molar refractivity (Wildman–Crippen MR) is 102 cm³/mol. The lowest BCUT2D eigenvalue weighted by atomic mass is 10.1. The van der Waals surface area contributed by atoms with Crippen LogP contribution in [0.1, 0.15) is 13.8 Å². The second-order valence-electron chi connectivity index (χ2n) is 5.13. The lowest BCUT2D eigenvalue weighted by Gasteiger charge is -2.07. The van der Waals surface area contributed by atoms with Crippen molar-refractivity contribution in [3.8, 4) is 0 Å². The average molecular weight is 372 g/mol. The largest absolute Gasteiger partial charge is 0.502 e. The third kappa shape index (κ3) is 5.39. The molecule has 0 aromatic heterocycles. The molecule has 2 aromatic carbocycles. The molecule has 1 N–H and O–H groups in total. The van der Waals surface area contributed by atoms with E-state index in [9.17, 15) is 14.7 Å². The van der Waals surface area contributed by atoms with Crippen molar-refractivity contribution in [2.24, 2.45) is 0 Å². The van der Waals surface area contributed by atoms with Crippen LogP contribution in [0.5, 0.6) is 0 Å². The molecule has 136 valence electrons. The maximum atomic E-state index is 12.2. The molecule has 0 heterocycles. The van der Waals surface area contributed by atoms with Crippen molar-refractivity contribution >= 4 is 34.5 Å². The van der Waals surface area contributed by atoms with E-state index < -0.39 is 17.7 Å². The number of fused-ring (bicyclic) bond motifs is 1. The van der Waals surface area contributed by atoms with Gasteiger partial charge in [0.1, 0.15) is 0 Å². The number of thioether (sulfide) groups is 1. The molecule has 0 aliphatic carbocycles. The normalized spacial score (nSPS) is 12.1. The second-order valence-corrected chi connectivity index (χ2v) is 6.25. The van der Waals surface area contributed by atoms with Crippen molar-refractivity contribution in [1.82, 2.24) is 0 Å². The second kappa shape index (κ2) is 9.68. The van der Waals surface area contributed by atoms with Gasteiger partial charge in [0, 0.05) is 4.90 Å². The van der Waals surface area contributed by atoms with E-state index in [-0.39, 0.29) is 18.1 Å². The van der Waals surface area contributed by atoms with Crippen LogP contribution >= 0.6 is 11.8 Å². The molecule has 2 aromatic rings. The van der Waals surface area contributed by atoms with Gasteiger partial charge in [0.15, 0.2) is 0 Å². The standard InChI is InChI=1S/C20H20O5S/c1-3-24-19(22)17(21)11-12-18(20(23)25-4-2)26-16-10-9-14-7-5-6-8-15(14)13-16/h5-13,21H,3-4H2,1-2H3. The summed E-state index contributed by atoms with van der Waals surface area (Å²) in [4.78, 5) is 24.7. The van der Waals surface area contributed by atoms with Crippen molar-refractivity contribution in [2.45, 2.75) is 18.7 Å². The van der Waals surface area contributed by atoms with E-state index in [0.29, 0.717) is 0 Å². The highest BCUT2D eigenvalue weighted by Crippen LogP contribution is 2.30. The first-order valence-electron chi connectivity index (χ1n) is 8.17. The number of benzene rings is 2. The monoisotopic (exact) mass is 372 g/mol. The van der Waals surface area contributed by atoms with Crippen LogP contribution in [0.25, 0.3) is 10.8 Å². The Morgan fingerprint density at radius 2 is 1.62 bits per heavy atom. The summed E-state index contributed by atoms with van der Waals surface area (Å²) >= 11 is 1.20. The van der Waals surface area contributed by atoms with Crippen LogP contribution in [-0.2, 0) is 19.1 Å². The summed E-state index contributed by atoms with van der Waals surface area (Å²) in [6.07, 6.45) is 2.49. The van der Waals surface area contributed by atoms with Crippen LogP contribution < -0.4 is 0 Å². The van der Waals surface area contributed by atoms with Crippen LogP contribution in [0.3, 0.4) is 0 Å². The van der Waals surface area contributed by atoms with Gasteiger partial charge in [-0.05, 0) is 48.9 Å². The fraction of sp³-hybridized carbons (Fsp3) is 0.200.